The van der Waals surface area contributed by atoms with Gasteiger partial charge in [-0.1, -0.05) is 0 Å². The van der Waals surface area contributed by atoms with Gasteiger partial charge in [-0.3, -0.25) is 14.4 Å². The summed E-state index contributed by atoms with van der Waals surface area (Å²) in [6, 6.07) is -5.13. The summed E-state index contributed by atoms with van der Waals surface area (Å²) < 4.78 is 51.6. The largest absolute Gasteiger partial charge is 0.477 e. The van der Waals surface area contributed by atoms with E-state index in [0.29, 0.717) is 0 Å². The lowest BCUT2D eigenvalue weighted by Gasteiger charge is -2.50. The predicted octanol–water partition coefficient (Wildman–Crippen LogP) is -11.3. The average Bonchev–Trinajstić information content (AvgIpc) is 3.30. The lowest BCUT2D eigenvalue weighted by molar-refractivity contribution is -0.386. The highest BCUT2D eigenvalue weighted by atomic mass is 16.8. The molecule has 404 valence electrons. The van der Waals surface area contributed by atoms with E-state index in [-0.39, 0.29) is 0 Å². The Hall–Kier alpha value is -3.04. The molecule has 0 spiro atoms. The van der Waals surface area contributed by atoms with Gasteiger partial charge >= 0.3 is 5.97 Å². The highest BCUT2D eigenvalue weighted by molar-refractivity contribution is 5.77. The van der Waals surface area contributed by atoms with Crippen LogP contribution in [0.4, 0.5) is 0 Å². The third-order valence-electron chi connectivity index (χ3n) is 12.5. The van der Waals surface area contributed by atoms with Crippen LogP contribution in [0.2, 0.25) is 0 Å². The van der Waals surface area contributed by atoms with E-state index in [4.69, 9.17) is 42.6 Å². The molecular formula is C39H65N3O28. The van der Waals surface area contributed by atoms with E-state index < -0.39 is 215 Å². The number of carbonyl (C=O) groups excluding carboxylic acids is 3. The normalized spacial score (nSPS) is 45.5. The van der Waals surface area contributed by atoms with Crippen molar-refractivity contribution in [3.05, 3.63) is 0 Å². The minimum atomic E-state index is -2.96. The van der Waals surface area contributed by atoms with Crippen LogP contribution in [0.25, 0.3) is 0 Å². The first-order valence-corrected chi connectivity index (χ1v) is 22.1. The fourth-order valence-electron chi connectivity index (χ4n) is 8.76. The van der Waals surface area contributed by atoms with Gasteiger partial charge in [-0.2, -0.15) is 0 Å². The molecule has 0 radical (unpaired) electrons. The SMILES string of the molecule is CC(=O)N[C@H]1[C@H](O[C@H]2[C@@H](O)[C@@H](CO[C@]3(C(=O)O)C[C@H](O)[C@@H](NC(C)=O)[C@H]([C@H](O)[C@H](O)CO)O3)OC(O)[C@@H]2NC(C)=O)O[C@H](CO)[C@@H](O[C@@H]2O[C@H](CO)[C@H](O)[C@H](O)[C@H]2O[C@@H]2O[C@@H](C)[C@@H](O)[C@@H](O)[C@@H]2O)[C@@H]1O. The van der Waals surface area contributed by atoms with Crippen molar-refractivity contribution in [1.82, 2.24) is 16.0 Å². The van der Waals surface area contributed by atoms with Gasteiger partial charge in [-0.25, -0.2) is 4.79 Å². The summed E-state index contributed by atoms with van der Waals surface area (Å²) in [6.45, 7) is 0.178. The van der Waals surface area contributed by atoms with Crippen LogP contribution in [0.15, 0.2) is 0 Å². The van der Waals surface area contributed by atoms with Gasteiger partial charge in [0.05, 0.1) is 44.7 Å². The molecule has 5 fully saturated rings. The third kappa shape index (κ3) is 12.6. The zero-order valence-electron chi connectivity index (χ0n) is 38.0. The summed E-state index contributed by atoms with van der Waals surface area (Å²) >= 11 is 0. The van der Waals surface area contributed by atoms with Crippen molar-refractivity contribution < 1.29 is 138 Å². The van der Waals surface area contributed by atoms with Gasteiger partial charge in [0.25, 0.3) is 5.79 Å². The molecule has 0 aromatic carbocycles. The number of carboxylic acid groups (broad SMARTS) is 1. The van der Waals surface area contributed by atoms with Crippen LogP contribution in [0.3, 0.4) is 0 Å². The highest BCUT2D eigenvalue weighted by Gasteiger charge is 2.59. The topological polar surface area (TPSA) is 491 Å². The van der Waals surface area contributed by atoms with Crippen molar-refractivity contribution in [1.29, 1.82) is 0 Å². The maximum absolute atomic E-state index is 12.8. The van der Waals surface area contributed by atoms with E-state index in [1.54, 1.807) is 0 Å². The van der Waals surface area contributed by atoms with Gasteiger partial charge in [0.1, 0.15) is 110 Å². The van der Waals surface area contributed by atoms with Crippen molar-refractivity contribution in [2.45, 2.75) is 193 Å². The Morgan fingerprint density at radius 3 is 1.73 bits per heavy atom. The van der Waals surface area contributed by atoms with Crippen LogP contribution in [-0.4, -0.2) is 286 Å². The van der Waals surface area contributed by atoms with Crippen molar-refractivity contribution in [3.63, 3.8) is 0 Å². The summed E-state index contributed by atoms with van der Waals surface area (Å²) in [5.74, 6) is -7.39. The smallest absolute Gasteiger partial charge is 0.364 e. The molecule has 5 rings (SSSR count). The number of nitrogens with one attached hydrogen (secondary N) is 3. The van der Waals surface area contributed by atoms with Crippen LogP contribution >= 0.6 is 0 Å². The molecule has 26 atom stereocenters. The number of hydrogen-bond donors (Lipinski definition) is 18. The zero-order valence-corrected chi connectivity index (χ0v) is 38.0. The van der Waals surface area contributed by atoms with E-state index in [0.717, 1.165) is 20.8 Å². The molecule has 1 unspecified atom stereocenters. The Morgan fingerprint density at radius 1 is 0.600 bits per heavy atom. The monoisotopic (exact) mass is 1020 g/mol. The number of carbonyl (C=O) groups is 4. The highest BCUT2D eigenvalue weighted by Crippen LogP contribution is 2.37. The minimum Gasteiger partial charge on any atom is -0.477 e. The summed E-state index contributed by atoms with van der Waals surface area (Å²) in [5.41, 5.74) is 0. The molecule has 0 bridgehead atoms. The molecule has 0 aromatic rings. The van der Waals surface area contributed by atoms with E-state index in [9.17, 15) is 95.8 Å². The molecule has 5 aliphatic heterocycles. The molecule has 0 aliphatic carbocycles. The Labute approximate surface area is 397 Å². The molecule has 5 heterocycles. The quantitative estimate of drug-likeness (QED) is 0.0606. The van der Waals surface area contributed by atoms with E-state index in [2.05, 4.69) is 16.0 Å². The molecule has 0 saturated carbocycles. The molecule has 5 aliphatic rings. The summed E-state index contributed by atoms with van der Waals surface area (Å²) in [6.07, 6.45) is -42.5. The van der Waals surface area contributed by atoms with Crippen LogP contribution in [0, 0.1) is 0 Å². The van der Waals surface area contributed by atoms with Crippen LogP contribution in [-0.2, 0) is 61.8 Å². The second-order valence-electron chi connectivity index (χ2n) is 17.6. The molecule has 18 N–H and O–H groups in total. The fourth-order valence-corrected chi connectivity index (χ4v) is 8.76. The number of hydrogen-bond acceptors (Lipinski definition) is 27. The first-order chi connectivity index (χ1) is 32.8. The van der Waals surface area contributed by atoms with Crippen molar-refractivity contribution in [2.24, 2.45) is 0 Å². The van der Waals surface area contributed by atoms with Crippen LogP contribution < -0.4 is 16.0 Å². The summed E-state index contributed by atoms with van der Waals surface area (Å²) in [7, 11) is 0. The number of rotatable bonds is 18. The molecule has 31 heteroatoms. The van der Waals surface area contributed by atoms with Gasteiger partial charge in [-0.15, -0.1) is 0 Å². The Morgan fingerprint density at radius 2 is 1.16 bits per heavy atom. The molecule has 0 aromatic heterocycles. The lowest BCUT2D eigenvalue weighted by atomic mass is 9.88. The molecule has 70 heavy (non-hydrogen) atoms. The number of aliphatic hydroxyl groups excluding tert-OH is 14. The van der Waals surface area contributed by atoms with Crippen LogP contribution in [0.5, 0.6) is 0 Å². The van der Waals surface area contributed by atoms with Crippen LogP contribution in [0.1, 0.15) is 34.1 Å². The molecule has 31 nitrogen and oxygen atoms in total. The maximum atomic E-state index is 12.8. The first-order valence-electron chi connectivity index (χ1n) is 22.1. The summed E-state index contributed by atoms with van der Waals surface area (Å²) in [4.78, 5) is 49.8. The minimum absolute atomic E-state index is 0.775. The standard InChI is InChI=1S/C39H65N3O28/c1-10-22(51)27(56)29(58)36(63-10)69-33-28(57)24(53)16(7-44)65-37(33)67-30-17(8-45)66-35(20(26(30)55)41-12(3)47)68-31-21(42-13(4)48)34(59)64-18(25(31)54)9-62-39(38(60)61)5-14(49)19(40-11(2)46)32(70-39)23(52)15(50)6-43/h10,14-37,43-45,49-59H,5-9H2,1-4H3,(H,40,46)(H,41,47)(H,42,48)(H,60,61)/t10-,14-,15+,16+,17+,18+,19+,20+,21+,22+,23+,24-,25-,26+,27+,28-,29-,30+,31+,32+,33+,34?,35-,36-,37-,39+/m0/s1. The number of carboxylic acids is 1. The molecular weight excluding hydrogens is 958 g/mol. The van der Waals surface area contributed by atoms with Crippen molar-refractivity contribution in [2.75, 3.05) is 26.4 Å². The van der Waals surface area contributed by atoms with Gasteiger partial charge in [0, 0.05) is 27.2 Å². The maximum Gasteiger partial charge on any atom is 0.364 e. The number of aliphatic hydroxyl groups is 14. The average molecular weight is 1020 g/mol. The second kappa shape index (κ2) is 24.3. The fraction of sp³-hybridized carbons (Fsp3) is 0.897. The second-order valence-corrected chi connectivity index (χ2v) is 17.6. The van der Waals surface area contributed by atoms with Crippen molar-refractivity contribution >= 4 is 23.7 Å². The van der Waals surface area contributed by atoms with E-state index in [1.165, 1.54) is 6.92 Å². The Bertz CT molecular complexity index is 1760. The lowest BCUT2D eigenvalue weighted by Crippen LogP contribution is -2.71. The predicted molar refractivity (Wildman–Crippen MR) is 217 cm³/mol. The molecule has 3 amide bonds. The number of aliphatic carboxylic acids is 1. The summed E-state index contributed by atoms with van der Waals surface area (Å²) in [5, 5.41) is 167. The zero-order chi connectivity index (χ0) is 52.3. The van der Waals surface area contributed by atoms with Crippen molar-refractivity contribution in [3.8, 4) is 0 Å². The van der Waals surface area contributed by atoms with Gasteiger partial charge in [0.15, 0.2) is 25.2 Å². The van der Waals surface area contributed by atoms with Gasteiger partial charge < -0.3 is 135 Å². The Balaban J connectivity index is 1.42. The van der Waals surface area contributed by atoms with Gasteiger partial charge in [-0.05, 0) is 6.92 Å². The van der Waals surface area contributed by atoms with Gasteiger partial charge in [0.2, 0.25) is 17.7 Å². The van der Waals surface area contributed by atoms with E-state index >= 15 is 0 Å². The third-order valence-corrected chi connectivity index (χ3v) is 12.5. The number of amides is 3. The Kier molecular flexibility index (Phi) is 20.1. The first kappa shape index (κ1) is 57.9. The molecule has 5 saturated heterocycles. The number of ether oxygens (including phenoxy) is 9. The van der Waals surface area contributed by atoms with E-state index in [1.807, 2.05) is 0 Å².